The molecule has 0 fully saturated rings. The fourth-order valence-corrected chi connectivity index (χ4v) is 4.56. The number of aryl methyl sites for hydroxylation is 2. The number of benzene rings is 4. The van der Waals surface area contributed by atoms with Crippen LogP contribution in [0.2, 0.25) is 0 Å². The Labute approximate surface area is 218 Å². The van der Waals surface area contributed by atoms with E-state index in [0.717, 1.165) is 44.6 Å². The molecule has 2 heterocycles. The van der Waals surface area contributed by atoms with Gasteiger partial charge in [-0.2, -0.15) is 0 Å². The van der Waals surface area contributed by atoms with Crippen LogP contribution in [0.15, 0.2) is 84.9 Å². The van der Waals surface area contributed by atoms with E-state index in [2.05, 4.69) is 31.3 Å². The standard InChI is InChI=1S/C28H26N8O2/c1-17-15-19(11-13-25(17)37)29-27(35-23-9-5-3-7-21(23)31-33-35)28(30-20-12-14-26(38)18(2)16-20)36-24-10-6-4-8-22(24)32-34-36/h3-16,27-30,37-38H,1-2H3/t27-,28+. The van der Waals surface area contributed by atoms with Crippen molar-refractivity contribution in [3.8, 4) is 11.5 Å². The molecule has 4 N–H and O–H groups in total. The lowest BCUT2D eigenvalue weighted by atomic mass is 10.1. The highest BCUT2D eigenvalue weighted by Crippen LogP contribution is 2.33. The molecule has 10 nitrogen and oxygen atoms in total. The van der Waals surface area contributed by atoms with Gasteiger partial charge in [0.25, 0.3) is 0 Å². The molecular weight excluding hydrogens is 480 g/mol. The summed E-state index contributed by atoms with van der Waals surface area (Å²) in [6.45, 7) is 3.69. The van der Waals surface area contributed by atoms with Crippen molar-refractivity contribution in [2.24, 2.45) is 0 Å². The third-order valence-electron chi connectivity index (χ3n) is 6.60. The minimum Gasteiger partial charge on any atom is -0.508 e. The number of fused-ring (bicyclic) bond motifs is 2. The highest BCUT2D eigenvalue weighted by Gasteiger charge is 2.30. The lowest BCUT2D eigenvalue weighted by Crippen LogP contribution is -2.35. The van der Waals surface area contributed by atoms with E-state index in [0.29, 0.717) is 0 Å². The summed E-state index contributed by atoms with van der Waals surface area (Å²) in [5.41, 5.74) is 6.21. The van der Waals surface area contributed by atoms with Gasteiger partial charge in [0, 0.05) is 11.4 Å². The van der Waals surface area contributed by atoms with Crippen LogP contribution in [0.1, 0.15) is 23.5 Å². The van der Waals surface area contributed by atoms with E-state index in [1.165, 1.54) is 0 Å². The van der Waals surface area contributed by atoms with Crippen molar-refractivity contribution in [1.29, 1.82) is 0 Å². The van der Waals surface area contributed by atoms with E-state index in [9.17, 15) is 10.2 Å². The van der Waals surface area contributed by atoms with Crippen LogP contribution in [0.3, 0.4) is 0 Å². The van der Waals surface area contributed by atoms with Crippen molar-refractivity contribution in [2.45, 2.75) is 26.2 Å². The van der Waals surface area contributed by atoms with Crippen molar-refractivity contribution >= 4 is 33.4 Å². The number of nitrogens with one attached hydrogen (secondary N) is 2. The van der Waals surface area contributed by atoms with E-state index >= 15 is 0 Å². The van der Waals surface area contributed by atoms with Gasteiger partial charge in [-0.15, -0.1) is 10.2 Å². The number of nitrogens with zero attached hydrogens (tertiary/aromatic N) is 6. The lowest BCUT2D eigenvalue weighted by Gasteiger charge is -2.31. The summed E-state index contributed by atoms with van der Waals surface area (Å²) in [5.74, 6) is 0.435. The Morgan fingerprint density at radius 2 is 1.03 bits per heavy atom. The number of hydrogen-bond donors (Lipinski definition) is 4. The molecule has 0 aliphatic heterocycles. The van der Waals surface area contributed by atoms with Crippen LogP contribution < -0.4 is 10.6 Å². The molecule has 0 saturated heterocycles. The van der Waals surface area contributed by atoms with E-state index in [-0.39, 0.29) is 11.5 Å². The van der Waals surface area contributed by atoms with Gasteiger partial charge < -0.3 is 20.8 Å². The quantitative estimate of drug-likeness (QED) is 0.220. The molecular formula is C28H26N8O2. The number of anilines is 2. The molecule has 4 aromatic carbocycles. The first-order chi connectivity index (χ1) is 18.5. The molecule has 0 amide bonds. The molecule has 0 saturated carbocycles. The monoisotopic (exact) mass is 506 g/mol. The van der Waals surface area contributed by atoms with Crippen molar-refractivity contribution in [3.63, 3.8) is 0 Å². The highest BCUT2D eigenvalue weighted by atomic mass is 16.3. The Morgan fingerprint density at radius 3 is 1.45 bits per heavy atom. The van der Waals surface area contributed by atoms with E-state index in [1.54, 1.807) is 12.1 Å². The normalized spacial score (nSPS) is 13.0. The largest absolute Gasteiger partial charge is 0.508 e. The summed E-state index contributed by atoms with van der Waals surface area (Å²) in [5, 5.41) is 45.3. The Kier molecular flexibility index (Phi) is 5.76. The summed E-state index contributed by atoms with van der Waals surface area (Å²) in [4.78, 5) is 0. The first-order valence-electron chi connectivity index (χ1n) is 12.2. The molecule has 0 radical (unpaired) electrons. The summed E-state index contributed by atoms with van der Waals surface area (Å²) < 4.78 is 3.64. The zero-order valence-corrected chi connectivity index (χ0v) is 20.8. The van der Waals surface area contributed by atoms with Crippen LogP contribution in [0.4, 0.5) is 11.4 Å². The van der Waals surface area contributed by atoms with Crippen molar-refractivity contribution in [2.75, 3.05) is 10.6 Å². The van der Waals surface area contributed by atoms with Crippen molar-refractivity contribution in [1.82, 2.24) is 30.0 Å². The Hall–Kier alpha value is -5.12. The summed E-state index contributed by atoms with van der Waals surface area (Å²) >= 11 is 0. The molecule has 10 heteroatoms. The Bertz CT molecular complexity index is 1630. The van der Waals surface area contributed by atoms with Gasteiger partial charge in [-0.05, 0) is 85.6 Å². The average molecular weight is 507 g/mol. The number of aromatic hydroxyl groups is 2. The number of para-hydroxylation sites is 2. The molecule has 6 rings (SSSR count). The van der Waals surface area contributed by atoms with Gasteiger partial charge in [0.15, 0.2) is 12.3 Å². The smallest absolute Gasteiger partial charge is 0.164 e. The predicted molar refractivity (Wildman–Crippen MR) is 146 cm³/mol. The zero-order valence-electron chi connectivity index (χ0n) is 20.8. The molecule has 38 heavy (non-hydrogen) atoms. The maximum Gasteiger partial charge on any atom is 0.164 e. The third kappa shape index (κ3) is 4.21. The predicted octanol–water partition coefficient (Wildman–Crippen LogP) is 5.13. The van der Waals surface area contributed by atoms with Gasteiger partial charge in [-0.1, -0.05) is 34.7 Å². The maximum atomic E-state index is 10.1. The summed E-state index contributed by atoms with van der Waals surface area (Å²) in [6.07, 6.45) is -1.10. The SMILES string of the molecule is Cc1cc(N[C@H]([C@H](Nc2ccc(O)c(C)c2)n2nnc3ccccc32)n2nnc3ccccc32)ccc1O. The zero-order chi connectivity index (χ0) is 26.2. The van der Waals surface area contributed by atoms with Crippen LogP contribution in [0.5, 0.6) is 11.5 Å². The minimum absolute atomic E-state index is 0.217. The summed E-state index contributed by atoms with van der Waals surface area (Å²) in [6, 6.07) is 26.2. The van der Waals surface area contributed by atoms with Crippen LogP contribution in [-0.4, -0.2) is 40.2 Å². The minimum atomic E-state index is -0.550. The highest BCUT2D eigenvalue weighted by molar-refractivity contribution is 5.75. The molecule has 0 spiro atoms. The fourth-order valence-electron chi connectivity index (χ4n) is 4.56. The Balaban J connectivity index is 1.55. The van der Waals surface area contributed by atoms with Crippen LogP contribution >= 0.6 is 0 Å². The van der Waals surface area contributed by atoms with Crippen LogP contribution in [0, 0.1) is 13.8 Å². The lowest BCUT2D eigenvalue weighted by molar-refractivity contribution is 0.346. The van der Waals surface area contributed by atoms with E-state index < -0.39 is 12.3 Å². The molecule has 0 aliphatic carbocycles. The number of rotatable bonds is 7. The molecule has 0 aliphatic rings. The van der Waals surface area contributed by atoms with Crippen molar-refractivity contribution < 1.29 is 10.2 Å². The van der Waals surface area contributed by atoms with E-state index in [1.807, 2.05) is 96.0 Å². The second-order valence-corrected chi connectivity index (χ2v) is 9.23. The maximum absolute atomic E-state index is 10.1. The first kappa shape index (κ1) is 23.3. The first-order valence-corrected chi connectivity index (χ1v) is 12.2. The summed E-state index contributed by atoms with van der Waals surface area (Å²) in [7, 11) is 0. The third-order valence-corrected chi connectivity index (χ3v) is 6.60. The molecule has 0 unspecified atom stereocenters. The Morgan fingerprint density at radius 1 is 0.605 bits per heavy atom. The van der Waals surface area contributed by atoms with Gasteiger partial charge in [-0.25, -0.2) is 9.36 Å². The van der Waals surface area contributed by atoms with Gasteiger partial charge in [0.1, 0.15) is 22.5 Å². The second kappa shape index (κ2) is 9.40. The number of phenols is 2. The van der Waals surface area contributed by atoms with Gasteiger partial charge in [-0.3, -0.25) is 0 Å². The second-order valence-electron chi connectivity index (χ2n) is 9.23. The fraction of sp³-hybridized carbons (Fsp3) is 0.143. The van der Waals surface area contributed by atoms with Crippen LogP contribution in [-0.2, 0) is 0 Å². The molecule has 190 valence electrons. The average Bonchev–Trinajstić information content (AvgIpc) is 3.55. The number of aromatic nitrogens is 6. The molecule has 2 atom stereocenters. The van der Waals surface area contributed by atoms with Gasteiger partial charge in [0.2, 0.25) is 0 Å². The topological polar surface area (TPSA) is 126 Å². The van der Waals surface area contributed by atoms with Gasteiger partial charge in [0.05, 0.1) is 11.0 Å². The van der Waals surface area contributed by atoms with E-state index in [4.69, 9.17) is 0 Å². The molecule has 0 bridgehead atoms. The number of phenolic OH excluding ortho intramolecular Hbond substituents is 2. The number of hydrogen-bond acceptors (Lipinski definition) is 8. The van der Waals surface area contributed by atoms with Crippen LogP contribution in [0.25, 0.3) is 22.1 Å². The molecule has 2 aromatic heterocycles. The molecule has 6 aromatic rings. The van der Waals surface area contributed by atoms with Crippen molar-refractivity contribution in [3.05, 3.63) is 96.1 Å². The van der Waals surface area contributed by atoms with Gasteiger partial charge >= 0.3 is 0 Å².